The molecule has 0 aliphatic carbocycles. The Morgan fingerprint density at radius 2 is 2.17 bits per heavy atom. The van der Waals surface area contributed by atoms with Crippen LogP contribution in [-0.2, 0) is 4.79 Å². The molecule has 4 heteroatoms. The van der Waals surface area contributed by atoms with Crippen LogP contribution in [0.2, 0.25) is 0 Å². The average Bonchev–Trinajstić information content (AvgIpc) is 2.06. The Balaban J connectivity index is 2.78. The Bertz CT molecular complexity index is 256. The van der Waals surface area contributed by atoms with Crippen LogP contribution in [-0.4, -0.2) is 16.6 Å². The molecule has 12 heavy (non-hydrogen) atoms. The van der Waals surface area contributed by atoms with Crippen molar-refractivity contribution in [3.05, 3.63) is 17.8 Å². The molecule has 1 aromatic rings. The third-order valence-corrected chi connectivity index (χ3v) is 1.48. The molecule has 0 bridgehead atoms. The van der Waals surface area contributed by atoms with Gasteiger partial charge in [0.15, 0.2) is 5.82 Å². The fourth-order valence-electron chi connectivity index (χ4n) is 0.788. The summed E-state index contributed by atoms with van der Waals surface area (Å²) in [6, 6.07) is 3.58. The molecular formula is C8H11N3O. The van der Waals surface area contributed by atoms with Gasteiger partial charge in [0.2, 0.25) is 6.41 Å². The molecule has 0 fully saturated rings. The number of anilines is 1. The van der Waals surface area contributed by atoms with Crippen LogP contribution < -0.4 is 5.32 Å². The highest BCUT2D eigenvalue weighted by atomic mass is 16.1. The zero-order valence-corrected chi connectivity index (χ0v) is 7.11. The monoisotopic (exact) mass is 165 g/mol. The van der Waals surface area contributed by atoms with Gasteiger partial charge in [0.05, 0.1) is 5.69 Å². The Labute approximate surface area is 71.0 Å². The van der Waals surface area contributed by atoms with Crippen LogP contribution in [0.15, 0.2) is 12.1 Å². The number of hydrogen-bond donors (Lipinski definition) is 1. The minimum Gasteiger partial charge on any atom is -0.312 e. The molecule has 0 unspecified atom stereocenters. The normalized spacial score (nSPS) is 9.92. The summed E-state index contributed by atoms with van der Waals surface area (Å²) in [7, 11) is 0. The zero-order chi connectivity index (χ0) is 8.97. The van der Waals surface area contributed by atoms with E-state index in [4.69, 9.17) is 0 Å². The van der Waals surface area contributed by atoms with Crippen molar-refractivity contribution in [3.8, 4) is 0 Å². The SMILES string of the molecule is CC(C)c1ccc(NC=O)nn1. The van der Waals surface area contributed by atoms with E-state index in [9.17, 15) is 4.79 Å². The van der Waals surface area contributed by atoms with E-state index < -0.39 is 0 Å². The minimum absolute atomic E-state index is 0.364. The summed E-state index contributed by atoms with van der Waals surface area (Å²) < 4.78 is 0. The third kappa shape index (κ3) is 2.02. The molecule has 1 aromatic heterocycles. The summed E-state index contributed by atoms with van der Waals surface area (Å²) >= 11 is 0. The predicted molar refractivity (Wildman–Crippen MR) is 45.8 cm³/mol. The molecule has 0 radical (unpaired) electrons. The van der Waals surface area contributed by atoms with Crippen molar-refractivity contribution >= 4 is 12.2 Å². The lowest BCUT2D eigenvalue weighted by molar-refractivity contribution is -0.105. The van der Waals surface area contributed by atoms with Crippen LogP contribution >= 0.6 is 0 Å². The number of amides is 1. The summed E-state index contributed by atoms with van der Waals surface area (Å²) in [5, 5.41) is 10.1. The van der Waals surface area contributed by atoms with E-state index in [1.54, 1.807) is 6.07 Å². The molecule has 0 spiro atoms. The maximum atomic E-state index is 10.0. The van der Waals surface area contributed by atoms with Crippen molar-refractivity contribution in [2.75, 3.05) is 5.32 Å². The van der Waals surface area contributed by atoms with Gasteiger partial charge in [0.1, 0.15) is 0 Å². The lowest BCUT2D eigenvalue weighted by atomic mass is 10.1. The van der Waals surface area contributed by atoms with Crippen molar-refractivity contribution < 1.29 is 4.79 Å². The van der Waals surface area contributed by atoms with Gasteiger partial charge in [-0.1, -0.05) is 13.8 Å². The summed E-state index contributed by atoms with van der Waals surface area (Å²) in [5.74, 6) is 0.845. The Hall–Kier alpha value is -1.45. The van der Waals surface area contributed by atoms with Gasteiger partial charge in [0, 0.05) is 0 Å². The van der Waals surface area contributed by atoms with E-state index in [-0.39, 0.29) is 0 Å². The number of carbonyl (C=O) groups excluding carboxylic acids is 1. The lowest BCUT2D eigenvalue weighted by Crippen LogP contribution is -2.01. The van der Waals surface area contributed by atoms with Crippen LogP contribution in [0.4, 0.5) is 5.82 Å². The first-order valence-corrected chi connectivity index (χ1v) is 3.78. The Morgan fingerprint density at radius 1 is 1.42 bits per heavy atom. The second-order valence-corrected chi connectivity index (χ2v) is 2.76. The molecule has 0 saturated carbocycles. The zero-order valence-electron chi connectivity index (χ0n) is 7.11. The minimum atomic E-state index is 0.364. The number of hydrogen-bond acceptors (Lipinski definition) is 3. The third-order valence-electron chi connectivity index (χ3n) is 1.48. The number of aromatic nitrogens is 2. The molecule has 64 valence electrons. The van der Waals surface area contributed by atoms with Gasteiger partial charge in [-0.15, -0.1) is 5.10 Å². The van der Waals surface area contributed by atoms with Gasteiger partial charge < -0.3 is 5.32 Å². The molecule has 0 aliphatic rings. The van der Waals surface area contributed by atoms with Crippen LogP contribution in [0.25, 0.3) is 0 Å². The largest absolute Gasteiger partial charge is 0.312 e. The number of rotatable bonds is 3. The summed E-state index contributed by atoms with van der Waals surface area (Å²) in [6.07, 6.45) is 0.582. The molecular weight excluding hydrogens is 154 g/mol. The van der Waals surface area contributed by atoms with Crippen LogP contribution in [0.1, 0.15) is 25.5 Å². The lowest BCUT2D eigenvalue weighted by Gasteiger charge is -2.02. The first kappa shape index (κ1) is 8.64. The standard InChI is InChI=1S/C8H11N3O/c1-6(2)7-3-4-8(9-5-12)11-10-7/h3-6H,1-2H3,(H,9,11,12). The topological polar surface area (TPSA) is 54.9 Å². The number of nitrogens with zero attached hydrogens (tertiary/aromatic N) is 2. The summed E-state index contributed by atoms with van der Waals surface area (Å²) in [6.45, 7) is 4.08. The van der Waals surface area contributed by atoms with Gasteiger partial charge in [-0.05, 0) is 18.1 Å². The summed E-state index contributed by atoms with van der Waals surface area (Å²) in [5.41, 5.74) is 0.923. The molecule has 1 heterocycles. The highest BCUT2D eigenvalue weighted by Crippen LogP contribution is 2.10. The molecule has 1 N–H and O–H groups in total. The van der Waals surface area contributed by atoms with E-state index in [2.05, 4.69) is 15.5 Å². The second-order valence-electron chi connectivity index (χ2n) is 2.76. The molecule has 0 aliphatic heterocycles. The molecule has 0 atom stereocenters. The van der Waals surface area contributed by atoms with Crippen LogP contribution in [0, 0.1) is 0 Å². The van der Waals surface area contributed by atoms with E-state index in [0.29, 0.717) is 18.1 Å². The van der Waals surface area contributed by atoms with E-state index in [0.717, 1.165) is 5.69 Å². The van der Waals surface area contributed by atoms with Gasteiger partial charge >= 0.3 is 0 Å². The van der Waals surface area contributed by atoms with Gasteiger partial charge in [-0.2, -0.15) is 5.10 Å². The quantitative estimate of drug-likeness (QED) is 0.684. The first-order chi connectivity index (χ1) is 5.74. The van der Waals surface area contributed by atoms with Crippen molar-refractivity contribution in [1.82, 2.24) is 10.2 Å². The van der Waals surface area contributed by atoms with E-state index >= 15 is 0 Å². The van der Waals surface area contributed by atoms with Gasteiger partial charge in [-0.3, -0.25) is 4.79 Å². The fourth-order valence-corrected chi connectivity index (χ4v) is 0.788. The van der Waals surface area contributed by atoms with E-state index in [1.165, 1.54) is 0 Å². The average molecular weight is 165 g/mol. The number of carbonyl (C=O) groups is 1. The van der Waals surface area contributed by atoms with Gasteiger partial charge in [-0.25, -0.2) is 0 Å². The fraction of sp³-hybridized carbons (Fsp3) is 0.375. The Morgan fingerprint density at radius 3 is 2.58 bits per heavy atom. The van der Waals surface area contributed by atoms with E-state index in [1.807, 2.05) is 19.9 Å². The highest BCUT2D eigenvalue weighted by molar-refractivity contribution is 5.68. The second kappa shape index (κ2) is 3.80. The molecule has 1 amide bonds. The first-order valence-electron chi connectivity index (χ1n) is 3.78. The summed E-state index contributed by atoms with van der Waals surface area (Å²) in [4.78, 5) is 10.0. The van der Waals surface area contributed by atoms with Crippen molar-refractivity contribution in [1.29, 1.82) is 0 Å². The van der Waals surface area contributed by atoms with Crippen molar-refractivity contribution in [3.63, 3.8) is 0 Å². The maximum Gasteiger partial charge on any atom is 0.212 e. The van der Waals surface area contributed by atoms with Crippen molar-refractivity contribution in [2.45, 2.75) is 19.8 Å². The van der Waals surface area contributed by atoms with Crippen molar-refractivity contribution in [2.24, 2.45) is 0 Å². The smallest absolute Gasteiger partial charge is 0.212 e. The number of nitrogens with one attached hydrogen (secondary N) is 1. The van der Waals surface area contributed by atoms with Crippen LogP contribution in [0.3, 0.4) is 0 Å². The highest BCUT2D eigenvalue weighted by Gasteiger charge is 2.00. The molecule has 1 rings (SSSR count). The molecule has 0 saturated heterocycles. The predicted octanol–water partition coefficient (Wildman–Crippen LogP) is 1.17. The maximum absolute atomic E-state index is 10.0. The molecule has 0 aromatic carbocycles. The van der Waals surface area contributed by atoms with Gasteiger partial charge in [0.25, 0.3) is 0 Å². The Kier molecular flexibility index (Phi) is 2.74. The van der Waals surface area contributed by atoms with Crippen LogP contribution in [0.5, 0.6) is 0 Å². The molecule has 4 nitrogen and oxygen atoms in total.